The van der Waals surface area contributed by atoms with Gasteiger partial charge in [-0.15, -0.1) is 11.3 Å². The van der Waals surface area contributed by atoms with Gasteiger partial charge in [-0.25, -0.2) is 0 Å². The summed E-state index contributed by atoms with van der Waals surface area (Å²) in [6.07, 6.45) is 0. The highest BCUT2D eigenvalue weighted by atomic mass is 79.9. The molecule has 166 valence electrons. The Morgan fingerprint density at radius 1 is 0.765 bits per heavy atom. The molecule has 0 bridgehead atoms. The normalized spacial score (nSPS) is 11.5. The van der Waals surface area contributed by atoms with Crippen LogP contribution in [0.25, 0.3) is 42.1 Å². The maximum absolute atomic E-state index is 10.8. The number of phenols is 1. The monoisotopic (exact) mass is 588 g/mol. The number of rotatable bonds is 4. The Morgan fingerprint density at radius 2 is 1.44 bits per heavy atom. The average Bonchev–Trinajstić information content (AvgIpc) is 3.26. The van der Waals surface area contributed by atoms with E-state index in [4.69, 9.17) is 4.74 Å². The van der Waals surface area contributed by atoms with E-state index in [-0.39, 0.29) is 5.75 Å². The van der Waals surface area contributed by atoms with Crippen molar-refractivity contribution in [2.75, 3.05) is 0 Å². The molecule has 5 heteroatoms. The Labute approximate surface area is 217 Å². The van der Waals surface area contributed by atoms with Gasteiger partial charge in [0, 0.05) is 19.9 Å². The van der Waals surface area contributed by atoms with Crippen molar-refractivity contribution >= 4 is 74.1 Å². The number of phenolic OH excluding ortho intramolecular Hbond substituents is 1. The summed E-state index contributed by atoms with van der Waals surface area (Å²) in [6.45, 7) is 0.377. The summed E-state index contributed by atoms with van der Waals surface area (Å²) >= 11 is 9.25. The van der Waals surface area contributed by atoms with Gasteiger partial charge in [0.25, 0.3) is 0 Å². The van der Waals surface area contributed by atoms with Gasteiger partial charge in [-0.05, 0) is 77.5 Å². The second-order valence-corrected chi connectivity index (χ2v) is 10.8. The van der Waals surface area contributed by atoms with Gasteiger partial charge in [-0.1, -0.05) is 72.8 Å². The van der Waals surface area contributed by atoms with Crippen molar-refractivity contribution in [2.45, 2.75) is 6.61 Å². The van der Waals surface area contributed by atoms with Crippen LogP contribution in [-0.4, -0.2) is 5.11 Å². The Balaban J connectivity index is 1.63. The maximum Gasteiger partial charge on any atom is 0.172 e. The molecule has 34 heavy (non-hydrogen) atoms. The third-order valence-electron chi connectivity index (χ3n) is 6.03. The number of ether oxygens (including phenoxy) is 1. The molecule has 0 amide bonds. The molecule has 6 rings (SSSR count). The van der Waals surface area contributed by atoms with Gasteiger partial charge in [0.2, 0.25) is 0 Å². The van der Waals surface area contributed by atoms with Crippen LogP contribution in [0.5, 0.6) is 11.5 Å². The van der Waals surface area contributed by atoms with Gasteiger partial charge >= 0.3 is 0 Å². The summed E-state index contributed by atoms with van der Waals surface area (Å²) in [7, 11) is 0. The van der Waals surface area contributed by atoms with E-state index in [1.807, 2.05) is 42.5 Å². The van der Waals surface area contributed by atoms with Crippen molar-refractivity contribution in [3.05, 3.63) is 106 Å². The minimum absolute atomic E-state index is 0.104. The zero-order chi connectivity index (χ0) is 23.2. The molecular formula is C29H18Br2O2S. The molecule has 1 heterocycles. The topological polar surface area (TPSA) is 29.5 Å². The second-order valence-electron chi connectivity index (χ2n) is 8.12. The van der Waals surface area contributed by atoms with Crippen LogP contribution in [-0.2, 0) is 6.61 Å². The van der Waals surface area contributed by atoms with Crippen LogP contribution in [0.4, 0.5) is 0 Å². The van der Waals surface area contributed by atoms with E-state index in [0.29, 0.717) is 16.8 Å². The van der Waals surface area contributed by atoms with E-state index in [2.05, 4.69) is 80.4 Å². The highest BCUT2D eigenvalue weighted by molar-refractivity contribution is 9.11. The molecule has 0 unspecified atom stereocenters. The smallest absolute Gasteiger partial charge is 0.172 e. The van der Waals surface area contributed by atoms with Gasteiger partial charge < -0.3 is 9.84 Å². The van der Waals surface area contributed by atoms with Crippen LogP contribution in [0.2, 0.25) is 0 Å². The standard InChI is InChI=1S/C29H18Br2O2S/c30-22-14-18(15-23(28(22)32)33-16-17-8-2-1-3-9-17)25-19-10-4-5-11-20(19)27(31)29-26(25)21-12-6-7-13-24(21)34-29/h1-15,32H,16H2. The third-order valence-corrected chi connectivity index (χ3v) is 8.91. The molecule has 0 spiro atoms. The molecule has 5 aromatic carbocycles. The van der Waals surface area contributed by atoms with E-state index >= 15 is 0 Å². The molecule has 0 aliphatic rings. The van der Waals surface area contributed by atoms with Crippen molar-refractivity contribution < 1.29 is 9.84 Å². The first-order chi connectivity index (χ1) is 16.6. The molecule has 1 aromatic heterocycles. The Bertz CT molecular complexity index is 1690. The molecule has 0 aliphatic carbocycles. The third kappa shape index (κ3) is 3.59. The predicted octanol–water partition coefficient (Wildman–Crippen LogP) is 9.68. The van der Waals surface area contributed by atoms with E-state index in [1.54, 1.807) is 11.3 Å². The fraction of sp³-hybridized carbons (Fsp3) is 0.0345. The van der Waals surface area contributed by atoms with Crippen LogP contribution in [0.3, 0.4) is 0 Å². The Hall–Kier alpha value is -2.86. The summed E-state index contributed by atoms with van der Waals surface area (Å²) in [4.78, 5) is 0. The summed E-state index contributed by atoms with van der Waals surface area (Å²) in [6, 6.07) is 30.9. The van der Waals surface area contributed by atoms with Gasteiger partial charge in [0.05, 0.1) is 9.17 Å². The second kappa shape index (κ2) is 8.73. The molecule has 1 N–H and O–H groups in total. The van der Waals surface area contributed by atoms with Crippen molar-refractivity contribution in [2.24, 2.45) is 0 Å². The molecule has 0 saturated carbocycles. The summed E-state index contributed by atoms with van der Waals surface area (Å²) in [5.41, 5.74) is 3.17. The first kappa shape index (κ1) is 21.7. The lowest BCUT2D eigenvalue weighted by Crippen LogP contribution is -1.96. The number of fused-ring (bicyclic) bond motifs is 4. The lowest BCUT2D eigenvalue weighted by molar-refractivity contribution is 0.288. The van der Waals surface area contributed by atoms with Crippen molar-refractivity contribution in [1.82, 2.24) is 0 Å². The zero-order valence-corrected chi connectivity index (χ0v) is 21.9. The average molecular weight is 590 g/mol. The van der Waals surface area contributed by atoms with Crippen LogP contribution in [0, 0.1) is 0 Å². The van der Waals surface area contributed by atoms with Crippen molar-refractivity contribution in [3.63, 3.8) is 0 Å². The SMILES string of the molecule is Oc1c(Br)cc(-c2c3ccccc3c(Br)c3sc4ccccc4c23)cc1OCc1ccccc1. The Morgan fingerprint density at radius 3 is 2.24 bits per heavy atom. The summed E-state index contributed by atoms with van der Waals surface area (Å²) in [5, 5.41) is 15.5. The first-order valence-corrected chi connectivity index (χ1v) is 13.2. The van der Waals surface area contributed by atoms with Gasteiger partial charge in [0.1, 0.15) is 6.61 Å². The van der Waals surface area contributed by atoms with E-state index in [1.165, 1.54) is 20.2 Å². The van der Waals surface area contributed by atoms with Crippen LogP contribution in [0.15, 0.2) is 99.9 Å². The first-order valence-electron chi connectivity index (χ1n) is 10.8. The highest BCUT2D eigenvalue weighted by Gasteiger charge is 2.20. The summed E-state index contributed by atoms with van der Waals surface area (Å²) in [5.74, 6) is 0.556. The maximum atomic E-state index is 10.8. The van der Waals surface area contributed by atoms with Gasteiger partial charge in [-0.3, -0.25) is 0 Å². The van der Waals surface area contributed by atoms with Crippen LogP contribution in [0.1, 0.15) is 5.56 Å². The molecule has 0 radical (unpaired) electrons. The number of hydrogen-bond acceptors (Lipinski definition) is 3. The van der Waals surface area contributed by atoms with E-state index in [9.17, 15) is 5.11 Å². The molecule has 2 nitrogen and oxygen atoms in total. The van der Waals surface area contributed by atoms with E-state index < -0.39 is 0 Å². The summed E-state index contributed by atoms with van der Waals surface area (Å²) < 4.78 is 10.3. The fourth-order valence-corrected chi connectivity index (χ4v) is 6.85. The number of hydrogen-bond donors (Lipinski definition) is 1. The highest BCUT2D eigenvalue weighted by Crippen LogP contribution is 2.50. The molecule has 0 saturated heterocycles. The van der Waals surface area contributed by atoms with Crippen molar-refractivity contribution in [1.29, 1.82) is 0 Å². The lowest BCUT2D eigenvalue weighted by Gasteiger charge is -2.16. The van der Waals surface area contributed by atoms with Gasteiger partial charge in [0.15, 0.2) is 11.5 Å². The molecule has 0 aliphatic heterocycles. The Kier molecular flexibility index (Phi) is 5.56. The van der Waals surface area contributed by atoms with E-state index in [0.717, 1.165) is 31.9 Å². The fourth-order valence-electron chi connectivity index (χ4n) is 4.46. The predicted molar refractivity (Wildman–Crippen MR) is 150 cm³/mol. The number of halogens is 2. The largest absolute Gasteiger partial charge is 0.503 e. The molecule has 0 atom stereocenters. The number of thiophene rings is 1. The quantitative estimate of drug-likeness (QED) is 0.222. The van der Waals surface area contributed by atoms with Crippen molar-refractivity contribution in [3.8, 4) is 22.6 Å². The number of benzene rings is 5. The van der Waals surface area contributed by atoms with Crippen LogP contribution >= 0.6 is 43.2 Å². The molecule has 0 fully saturated rings. The van der Waals surface area contributed by atoms with Gasteiger partial charge in [-0.2, -0.15) is 0 Å². The molecule has 6 aromatic rings. The minimum Gasteiger partial charge on any atom is -0.503 e. The molecular weight excluding hydrogens is 572 g/mol. The number of aromatic hydroxyl groups is 1. The van der Waals surface area contributed by atoms with Crippen LogP contribution < -0.4 is 4.74 Å². The zero-order valence-electron chi connectivity index (χ0n) is 17.9. The minimum atomic E-state index is 0.104. The lowest BCUT2D eigenvalue weighted by atomic mass is 9.93.